The summed E-state index contributed by atoms with van der Waals surface area (Å²) in [6.45, 7) is 3.82. The summed E-state index contributed by atoms with van der Waals surface area (Å²) >= 11 is 2.88. The van der Waals surface area contributed by atoms with E-state index < -0.39 is 0 Å². The van der Waals surface area contributed by atoms with E-state index >= 15 is 0 Å². The molecule has 1 fully saturated rings. The maximum Gasteiger partial charge on any atom is 0.251 e. The molecule has 0 unspecified atom stereocenters. The fraction of sp³-hybridized carbons (Fsp3) is 0.353. The molecule has 8 heteroatoms. The van der Waals surface area contributed by atoms with Gasteiger partial charge in [-0.15, -0.1) is 11.3 Å². The van der Waals surface area contributed by atoms with E-state index in [2.05, 4.69) is 36.5 Å². The van der Waals surface area contributed by atoms with Crippen molar-refractivity contribution in [1.29, 1.82) is 0 Å². The molecule has 1 atom stereocenters. The molecule has 1 amide bonds. The number of aromatic nitrogens is 2. The molecule has 0 spiro atoms. The first-order valence-electron chi connectivity index (χ1n) is 8.17. The molecule has 3 aromatic rings. The number of nitrogens with zero attached hydrogens (tertiary/aromatic N) is 3. The Morgan fingerprint density at radius 3 is 2.88 bits per heavy atom. The molecule has 4 rings (SSSR count). The van der Waals surface area contributed by atoms with Crippen LogP contribution in [0.5, 0.6) is 0 Å². The molecular formula is C17H18N4O2S2. The number of hydrogen-bond acceptors (Lipinski definition) is 7. The molecule has 1 aromatic carbocycles. The fourth-order valence-corrected chi connectivity index (χ4v) is 4.37. The van der Waals surface area contributed by atoms with Gasteiger partial charge in [0.2, 0.25) is 0 Å². The van der Waals surface area contributed by atoms with Crippen LogP contribution in [0.15, 0.2) is 35.7 Å². The molecular weight excluding hydrogens is 356 g/mol. The lowest BCUT2D eigenvalue weighted by molar-refractivity contribution is 0.0169. The van der Waals surface area contributed by atoms with Crippen LogP contribution in [0.1, 0.15) is 21.3 Å². The average Bonchev–Trinajstić information content (AvgIpc) is 3.34. The van der Waals surface area contributed by atoms with Crippen LogP contribution in [0.25, 0.3) is 11.0 Å². The van der Waals surface area contributed by atoms with Crippen molar-refractivity contribution in [3.8, 4) is 0 Å². The monoisotopic (exact) mass is 374 g/mol. The van der Waals surface area contributed by atoms with Gasteiger partial charge in [-0.25, -0.2) is 0 Å². The van der Waals surface area contributed by atoms with Crippen LogP contribution in [0.4, 0.5) is 0 Å². The van der Waals surface area contributed by atoms with Crippen molar-refractivity contribution in [3.63, 3.8) is 0 Å². The van der Waals surface area contributed by atoms with Crippen LogP contribution in [0.2, 0.25) is 0 Å². The SMILES string of the molecule is O=C(NC[C@H](c1cccs1)N1CCOCC1)c1ccc2nsnc2c1. The van der Waals surface area contributed by atoms with Crippen LogP contribution in [-0.4, -0.2) is 52.4 Å². The first kappa shape index (κ1) is 16.6. The van der Waals surface area contributed by atoms with E-state index in [-0.39, 0.29) is 11.9 Å². The fourth-order valence-electron chi connectivity index (χ4n) is 2.99. The number of fused-ring (bicyclic) bond motifs is 1. The normalized spacial score (nSPS) is 16.8. The summed E-state index contributed by atoms with van der Waals surface area (Å²) in [6.07, 6.45) is 0. The molecule has 0 radical (unpaired) electrons. The lowest BCUT2D eigenvalue weighted by atomic mass is 10.1. The van der Waals surface area contributed by atoms with E-state index in [1.807, 2.05) is 6.07 Å². The molecule has 2 aromatic heterocycles. The maximum absolute atomic E-state index is 12.6. The molecule has 1 aliphatic heterocycles. The standard InChI is InChI=1S/C17H18N4O2S2/c22-17(12-3-4-13-14(10-12)20-25-19-13)18-11-15(16-2-1-9-24-16)21-5-7-23-8-6-21/h1-4,9-10,15H,5-8,11H2,(H,18,22)/t15-/m1/s1. The molecule has 1 saturated heterocycles. The molecule has 0 bridgehead atoms. The first-order chi connectivity index (χ1) is 12.3. The van der Waals surface area contributed by atoms with Crippen LogP contribution < -0.4 is 5.32 Å². The average molecular weight is 374 g/mol. The third-order valence-electron chi connectivity index (χ3n) is 4.33. The van der Waals surface area contributed by atoms with Gasteiger partial charge in [-0.2, -0.15) is 8.75 Å². The Kier molecular flexibility index (Phi) is 5.02. The molecule has 6 nitrogen and oxygen atoms in total. The number of rotatable bonds is 5. The van der Waals surface area contributed by atoms with Crippen LogP contribution in [-0.2, 0) is 4.74 Å². The van der Waals surface area contributed by atoms with Crippen molar-refractivity contribution in [3.05, 3.63) is 46.2 Å². The Morgan fingerprint density at radius 1 is 1.24 bits per heavy atom. The van der Waals surface area contributed by atoms with Crippen LogP contribution >= 0.6 is 23.1 Å². The highest BCUT2D eigenvalue weighted by molar-refractivity contribution is 7.10. The van der Waals surface area contributed by atoms with Gasteiger partial charge in [0.25, 0.3) is 5.91 Å². The van der Waals surface area contributed by atoms with Gasteiger partial charge in [0.15, 0.2) is 0 Å². The molecule has 3 heterocycles. The third kappa shape index (κ3) is 3.72. The number of carbonyl (C=O) groups is 1. The third-order valence-corrected chi connectivity index (χ3v) is 5.86. The van der Waals surface area contributed by atoms with E-state index in [1.54, 1.807) is 23.5 Å². The smallest absolute Gasteiger partial charge is 0.251 e. The zero-order valence-corrected chi connectivity index (χ0v) is 15.2. The summed E-state index contributed by atoms with van der Waals surface area (Å²) in [5.74, 6) is -0.0790. The van der Waals surface area contributed by atoms with Gasteiger partial charge in [-0.05, 0) is 29.6 Å². The van der Waals surface area contributed by atoms with Gasteiger partial charge < -0.3 is 10.1 Å². The summed E-state index contributed by atoms with van der Waals surface area (Å²) in [7, 11) is 0. The summed E-state index contributed by atoms with van der Waals surface area (Å²) in [5.41, 5.74) is 2.21. The van der Waals surface area contributed by atoms with Gasteiger partial charge in [0.1, 0.15) is 11.0 Å². The topological polar surface area (TPSA) is 67.4 Å². The van der Waals surface area contributed by atoms with Gasteiger partial charge in [-0.3, -0.25) is 9.69 Å². The number of amides is 1. The van der Waals surface area contributed by atoms with Crippen molar-refractivity contribution >= 4 is 40.0 Å². The Bertz CT molecular complexity index is 843. The number of carbonyl (C=O) groups excluding carboxylic acids is 1. The Balaban J connectivity index is 1.47. The van der Waals surface area contributed by atoms with E-state index in [9.17, 15) is 4.79 Å². The van der Waals surface area contributed by atoms with Crippen molar-refractivity contribution in [2.75, 3.05) is 32.8 Å². The Labute approximate surface area is 153 Å². The highest BCUT2D eigenvalue weighted by Crippen LogP contribution is 2.25. The second-order valence-electron chi connectivity index (χ2n) is 5.86. The molecule has 130 valence electrons. The van der Waals surface area contributed by atoms with E-state index in [1.165, 1.54) is 4.88 Å². The largest absolute Gasteiger partial charge is 0.379 e. The molecule has 1 aliphatic rings. The predicted octanol–water partition coefficient (Wildman–Crippen LogP) is 2.56. The highest BCUT2D eigenvalue weighted by Gasteiger charge is 2.24. The van der Waals surface area contributed by atoms with Crippen LogP contribution in [0.3, 0.4) is 0 Å². The number of hydrogen-bond donors (Lipinski definition) is 1. The van der Waals surface area contributed by atoms with Crippen LogP contribution in [0, 0.1) is 0 Å². The van der Waals surface area contributed by atoms with Crippen molar-refractivity contribution < 1.29 is 9.53 Å². The Hall–Kier alpha value is -1.87. The summed E-state index contributed by atoms with van der Waals surface area (Å²) in [5, 5.41) is 5.16. The maximum atomic E-state index is 12.6. The van der Waals surface area contributed by atoms with Gasteiger partial charge >= 0.3 is 0 Å². The minimum absolute atomic E-state index is 0.0790. The zero-order valence-electron chi connectivity index (χ0n) is 13.6. The molecule has 1 N–H and O–H groups in total. The number of ether oxygens (including phenoxy) is 1. The number of nitrogens with one attached hydrogen (secondary N) is 1. The quantitative estimate of drug-likeness (QED) is 0.743. The molecule has 0 saturated carbocycles. The van der Waals surface area contributed by atoms with Gasteiger partial charge in [0.05, 0.1) is 31.0 Å². The number of morpholine rings is 1. The minimum Gasteiger partial charge on any atom is -0.379 e. The van der Waals surface area contributed by atoms with E-state index in [4.69, 9.17) is 4.74 Å². The van der Waals surface area contributed by atoms with Crippen molar-refractivity contribution in [2.24, 2.45) is 0 Å². The summed E-state index contributed by atoms with van der Waals surface area (Å²) < 4.78 is 13.8. The van der Waals surface area contributed by atoms with Gasteiger partial charge in [-0.1, -0.05) is 6.07 Å². The second kappa shape index (κ2) is 7.57. The summed E-state index contributed by atoms with van der Waals surface area (Å²) in [6, 6.07) is 9.80. The Morgan fingerprint density at radius 2 is 2.08 bits per heavy atom. The summed E-state index contributed by atoms with van der Waals surface area (Å²) in [4.78, 5) is 16.2. The number of benzene rings is 1. The van der Waals surface area contributed by atoms with E-state index in [0.29, 0.717) is 12.1 Å². The molecule has 25 heavy (non-hydrogen) atoms. The first-order valence-corrected chi connectivity index (χ1v) is 9.78. The lowest BCUT2D eigenvalue weighted by Crippen LogP contribution is -2.43. The van der Waals surface area contributed by atoms with Crippen molar-refractivity contribution in [2.45, 2.75) is 6.04 Å². The highest BCUT2D eigenvalue weighted by atomic mass is 32.1. The lowest BCUT2D eigenvalue weighted by Gasteiger charge is -2.34. The predicted molar refractivity (Wildman–Crippen MR) is 99.2 cm³/mol. The minimum atomic E-state index is -0.0790. The number of thiophene rings is 1. The second-order valence-corrected chi connectivity index (χ2v) is 7.37. The van der Waals surface area contributed by atoms with Crippen molar-refractivity contribution in [1.82, 2.24) is 19.0 Å². The van der Waals surface area contributed by atoms with Gasteiger partial charge in [0, 0.05) is 30.1 Å². The van der Waals surface area contributed by atoms with E-state index in [0.717, 1.165) is 49.1 Å². The zero-order chi connectivity index (χ0) is 17.1. The molecule has 0 aliphatic carbocycles.